The molecule has 0 fully saturated rings. The number of nitrogen functional groups attached to an aromatic ring is 1. The Hall–Kier alpha value is -2.11. The van der Waals surface area contributed by atoms with Crippen molar-refractivity contribution in [3.8, 4) is 11.3 Å². The van der Waals surface area contributed by atoms with E-state index in [9.17, 15) is 17.6 Å². The van der Waals surface area contributed by atoms with Gasteiger partial charge in [-0.05, 0) is 18.2 Å². The van der Waals surface area contributed by atoms with Gasteiger partial charge in [-0.3, -0.25) is 4.98 Å². The average molecular weight is 256 g/mol. The summed E-state index contributed by atoms with van der Waals surface area (Å²) < 4.78 is 52.0. The molecule has 0 aliphatic carbocycles. The fourth-order valence-electron chi connectivity index (χ4n) is 1.56. The van der Waals surface area contributed by atoms with Gasteiger partial charge in [-0.15, -0.1) is 0 Å². The van der Waals surface area contributed by atoms with Crippen molar-refractivity contribution in [2.24, 2.45) is 0 Å². The van der Waals surface area contributed by atoms with Gasteiger partial charge in [0.1, 0.15) is 5.82 Å². The van der Waals surface area contributed by atoms with Crippen LogP contribution in [-0.2, 0) is 6.18 Å². The molecule has 0 radical (unpaired) electrons. The molecule has 0 amide bonds. The molecule has 2 aromatic rings. The lowest BCUT2D eigenvalue weighted by Crippen LogP contribution is -2.10. The number of rotatable bonds is 1. The second-order valence-corrected chi connectivity index (χ2v) is 3.64. The van der Waals surface area contributed by atoms with Crippen LogP contribution in [0.2, 0.25) is 0 Å². The molecule has 18 heavy (non-hydrogen) atoms. The minimum Gasteiger partial charge on any atom is -0.397 e. The summed E-state index contributed by atoms with van der Waals surface area (Å²) in [5, 5.41) is 0. The first kappa shape index (κ1) is 12.3. The third-order valence-electron chi connectivity index (χ3n) is 2.34. The van der Waals surface area contributed by atoms with Crippen LogP contribution in [0.5, 0.6) is 0 Å². The maximum Gasteiger partial charge on any atom is 0.418 e. The highest BCUT2D eigenvalue weighted by atomic mass is 19.4. The molecule has 1 aromatic heterocycles. The summed E-state index contributed by atoms with van der Waals surface area (Å²) >= 11 is 0. The summed E-state index contributed by atoms with van der Waals surface area (Å²) in [6.45, 7) is 0. The lowest BCUT2D eigenvalue weighted by Gasteiger charge is -2.13. The van der Waals surface area contributed by atoms with Crippen LogP contribution in [0.3, 0.4) is 0 Å². The van der Waals surface area contributed by atoms with E-state index in [1.54, 1.807) is 0 Å². The number of halogens is 4. The van der Waals surface area contributed by atoms with Gasteiger partial charge in [0.05, 0.1) is 23.1 Å². The Balaban J connectivity index is 2.69. The molecule has 0 saturated heterocycles. The Morgan fingerprint density at radius 2 is 1.78 bits per heavy atom. The quantitative estimate of drug-likeness (QED) is 0.793. The van der Waals surface area contributed by atoms with E-state index in [2.05, 4.69) is 4.98 Å². The molecule has 0 aliphatic rings. The van der Waals surface area contributed by atoms with Crippen molar-refractivity contribution in [1.82, 2.24) is 4.98 Å². The first-order chi connectivity index (χ1) is 8.39. The van der Waals surface area contributed by atoms with Crippen LogP contribution in [0.1, 0.15) is 5.56 Å². The van der Waals surface area contributed by atoms with Crippen molar-refractivity contribution >= 4 is 5.69 Å². The Morgan fingerprint density at radius 3 is 2.39 bits per heavy atom. The second-order valence-electron chi connectivity index (χ2n) is 3.64. The normalized spacial score (nSPS) is 11.6. The summed E-state index contributed by atoms with van der Waals surface area (Å²) in [4.78, 5) is 3.59. The lowest BCUT2D eigenvalue weighted by molar-refractivity contribution is -0.137. The van der Waals surface area contributed by atoms with Gasteiger partial charge in [0.2, 0.25) is 0 Å². The molecule has 6 heteroatoms. The molecule has 1 aromatic carbocycles. The topological polar surface area (TPSA) is 38.9 Å². The molecule has 1 heterocycles. The monoisotopic (exact) mass is 256 g/mol. The smallest absolute Gasteiger partial charge is 0.397 e. The van der Waals surface area contributed by atoms with Crippen LogP contribution in [0, 0.1) is 5.82 Å². The molecule has 2 N–H and O–H groups in total. The van der Waals surface area contributed by atoms with E-state index in [0.717, 1.165) is 18.3 Å². The summed E-state index contributed by atoms with van der Waals surface area (Å²) in [7, 11) is 0. The number of alkyl halides is 3. The number of anilines is 1. The molecule has 0 aliphatic heterocycles. The average Bonchev–Trinajstić information content (AvgIpc) is 2.29. The van der Waals surface area contributed by atoms with Crippen LogP contribution < -0.4 is 5.73 Å². The van der Waals surface area contributed by atoms with Gasteiger partial charge in [-0.2, -0.15) is 13.2 Å². The fraction of sp³-hybridized carbons (Fsp3) is 0.0833. The third kappa shape index (κ3) is 2.27. The van der Waals surface area contributed by atoms with Gasteiger partial charge in [0, 0.05) is 5.56 Å². The van der Waals surface area contributed by atoms with Gasteiger partial charge < -0.3 is 5.73 Å². The van der Waals surface area contributed by atoms with Gasteiger partial charge in [-0.1, -0.05) is 12.1 Å². The Morgan fingerprint density at radius 1 is 1.11 bits per heavy atom. The number of nitrogens with two attached hydrogens (primary N) is 1. The highest BCUT2D eigenvalue weighted by Crippen LogP contribution is 2.37. The molecule has 0 atom stereocenters. The predicted molar refractivity (Wildman–Crippen MR) is 59.0 cm³/mol. The zero-order chi connectivity index (χ0) is 13.3. The number of hydrogen-bond donors (Lipinski definition) is 1. The van der Waals surface area contributed by atoms with Crippen molar-refractivity contribution in [3.63, 3.8) is 0 Å². The highest BCUT2D eigenvalue weighted by Gasteiger charge is 2.35. The van der Waals surface area contributed by atoms with Gasteiger partial charge >= 0.3 is 6.18 Å². The van der Waals surface area contributed by atoms with Crippen molar-refractivity contribution in [2.45, 2.75) is 6.18 Å². The molecule has 0 unspecified atom stereocenters. The van der Waals surface area contributed by atoms with E-state index < -0.39 is 23.3 Å². The van der Waals surface area contributed by atoms with Gasteiger partial charge in [0.15, 0.2) is 0 Å². The molecule has 2 rings (SSSR count). The Bertz CT molecular complexity index is 579. The third-order valence-corrected chi connectivity index (χ3v) is 2.34. The minimum atomic E-state index is -4.64. The number of pyridine rings is 1. The van der Waals surface area contributed by atoms with Crippen molar-refractivity contribution in [1.29, 1.82) is 0 Å². The van der Waals surface area contributed by atoms with E-state index in [1.165, 1.54) is 18.2 Å². The van der Waals surface area contributed by atoms with Crippen LogP contribution in [0.25, 0.3) is 11.3 Å². The summed E-state index contributed by atoms with van der Waals surface area (Å²) in [5.41, 5.74) is 3.45. The Kier molecular flexibility index (Phi) is 2.94. The van der Waals surface area contributed by atoms with E-state index in [4.69, 9.17) is 5.73 Å². The largest absolute Gasteiger partial charge is 0.418 e. The SMILES string of the molecule is Nc1cnc(-c2ccccc2F)c(C(F)(F)F)c1. The van der Waals surface area contributed by atoms with Gasteiger partial charge in [-0.25, -0.2) is 4.39 Å². The Labute approximate surface area is 100 Å². The van der Waals surface area contributed by atoms with Crippen LogP contribution in [0.15, 0.2) is 36.5 Å². The molecule has 94 valence electrons. The number of nitrogens with zero attached hydrogens (tertiary/aromatic N) is 1. The maximum absolute atomic E-state index is 13.5. The number of hydrogen-bond acceptors (Lipinski definition) is 2. The molecule has 0 spiro atoms. The van der Waals surface area contributed by atoms with E-state index in [0.29, 0.717) is 0 Å². The minimum absolute atomic E-state index is 0.123. The maximum atomic E-state index is 13.5. The standard InChI is InChI=1S/C12H8F4N2/c13-10-4-2-1-3-8(10)11-9(12(14,15)16)5-7(17)6-18-11/h1-6H,17H2. The molecular weight excluding hydrogens is 248 g/mol. The first-order valence-corrected chi connectivity index (χ1v) is 4.97. The zero-order valence-corrected chi connectivity index (χ0v) is 9.00. The van der Waals surface area contributed by atoms with Crippen LogP contribution >= 0.6 is 0 Å². The van der Waals surface area contributed by atoms with Crippen molar-refractivity contribution in [2.75, 3.05) is 5.73 Å². The zero-order valence-electron chi connectivity index (χ0n) is 9.00. The first-order valence-electron chi connectivity index (χ1n) is 4.97. The summed E-state index contributed by atoms with van der Waals surface area (Å²) in [5.74, 6) is -0.764. The summed E-state index contributed by atoms with van der Waals surface area (Å²) in [6, 6.07) is 5.89. The van der Waals surface area contributed by atoms with Crippen LogP contribution in [-0.4, -0.2) is 4.98 Å². The number of aromatic nitrogens is 1. The lowest BCUT2D eigenvalue weighted by atomic mass is 10.0. The van der Waals surface area contributed by atoms with Gasteiger partial charge in [0.25, 0.3) is 0 Å². The van der Waals surface area contributed by atoms with E-state index >= 15 is 0 Å². The molecule has 0 saturated carbocycles. The van der Waals surface area contributed by atoms with Crippen molar-refractivity contribution < 1.29 is 17.6 Å². The highest BCUT2D eigenvalue weighted by molar-refractivity contribution is 5.66. The van der Waals surface area contributed by atoms with E-state index in [-0.39, 0.29) is 11.3 Å². The molecule has 2 nitrogen and oxygen atoms in total. The second kappa shape index (κ2) is 4.29. The predicted octanol–water partition coefficient (Wildman–Crippen LogP) is 3.49. The molecule has 0 bridgehead atoms. The number of benzene rings is 1. The van der Waals surface area contributed by atoms with E-state index in [1.807, 2.05) is 0 Å². The summed E-state index contributed by atoms with van der Waals surface area (Å²) in [6.07, 6.45) is -3.57. The fourth-order valence-corrected chi connectivity index (χ4v) is 1.56. The molecular formula is C12H8F4N2. The van der Waals surface area contributed by atoms with Crippen LogP contribution in [0.4, 0.5) is 23.2 Å². The van der Waals surface area contributed by atoms with Crippen molar-refractivity contribution in [3.05, 3.63) is 47.9 Å².